The lowest BCUT2D eigenvalue weighted by atomic mass is 10.3. The second-order valence-electron chi connectivity index (χ2n) is 3.34. The Kier molecular flexibility index (Phi) is 2.81. The second-order valence-corrected chi connectivity index (χ2v) is 4.42. The van der Waals surface area contributed by atoms with Gasteiger partial charge in [0.25, 0.3) is 0 Å². The third-order valence-corrected chi connectivity index (χ3v) is 3.76. The van der Waals surface area contributed by atoms with Gasteiger partial charge in [-0.3, -0.25) is 0 Å². The fourth-order valence-electron chi connectivity index (χ4n) is 1.83. The predicted molar refractivity (Wildman–Crippen MR) is 70.2 cm³/mol. The fraction of sp³-hybridized carbons (Fsp3) is 0.400. The van der Waals surface area contributed by atoms with Crippen LogP contribution in [0.15, 0.2) is 6.33 Å². The van der Waals surface area contributed by atoms with E-state index >= 15 is 0 Å². The molecule has 0 aliphatic carbocycles. The molecule has 2 heterocycles. The molecule has 0 atom stereocenters. The molecule has 4 nitrogen and oxygen atoms in total. The summed E-state index contributed by atoms with van der Waals surface area (Å²) in [5.41, 5.74) is 2.30. The Labute approximate surface area is 102 Å². The molecule has 0 spiro atoms. The maximum atomic E-state index is 4.33. The summed E-state index contributed by atoms with van der Waals surface area (Å²) in [4.78, 5) is 8.56. The first kappa shape index (κ1) is 10.7. The van der Waals surface area contributed by atoms with Crippen molar-refractivity contribution in [1.82, 2.24) is 14.5 Å². The van der Waals surface area contributed by atoms with Crippen molar-refractivity contribution >= 4 is 39.4 Å². The maximum Gasteiger partial charge on any atom is 0.146 e. The number of hydrogen-bond donors (Lipinski definition) is 1. The minimum absolute atomic E-state index is 0.903. The van der Waals surface area contributed by atoms with Gasteiger partial charge in [0.1, 0.15) is 17.8 Å². The lowest BCUT2D eigenvalue weighted by Crippen LogP contribution is -1.97. The number of nitrogens with zero attached hydrogens (tertiary/aromatic N) is 3. The van der Waals surface area contributed by atoms with Gasteiger partial charge in [0.15, 0.2) is 0 Å². The molecule has 80 valence electrons. The van der Waals surface area contributed by atoms with Crippen LogP contribution in [-0.2, 0) is 13.5 Å². The van der Waals surface area contributed by atoms with Crippen molar-refractivity contribution in [3.8, 4) is 0 Å². The molecule has 1 N–H and O–H groups in total. The molecule has 0 aromatic carbocycles. The third-order valence-electron chi connectivity index (χ3n) is 2.59. The van der Waals surface area contributed by atoms with Crippen LogP contribution in [0.25, 0.3) is 11.0 Å². The van der Waals surface area contributed by atoms with Gasteiger partial charge in [0.05, 0.1) is 5.39 Å². The highest BCUT2D eigenvalue weighted by Gasteiger charge is 2.15. The fourth-order valence-corrected chi connectivity index (χ4v) is 3.07. The van der Waals surface area contributed by atoms with Gasteiger partial charge in [-0.1, -0.05) is 6.92 Å². The molecule has 2 aromatic heterocycles. The van der Waals surface area contributed by atoms with Gasteiger partial charge < -0.3 is 9.88 Å². The zero-order chi connectivity index (χ0) is 11.0. The number of hydrogen-bond acceptors (Lipinski definition) is 3. The number of anilines is 1. The number of aromatic nitrogens is 3. The van der Waals surface area contributed by atoms with Crippen LogP contribution < -0.4 is 5.32 Å². The molecule has 0 saturated carbocycles. The normalized spacial score (nSPS) is 10.9. The zero-order valence-corrected chi connectivity index (χ0v) is 11.2. The van der Waals surface area contributed by atoms with E-state index in [0.717, 1.165) is 23.3 Å². The molecule has 0 saturated heterocycles. The number of aryl methyl sites for hydroxylation is 1. The van der Waals surface area contributed by atoms with Crippen LogP contribution in [0, 0.1) is 3.57 Å². The van der Waals surface area contributed by atoms with Crippen LogP contribution in [0.2, 0.25) is 0 Å². The largest absolute Gasteiger partial charge is 0.372 e. The van der Waals surface area contributed by atoms with Gasteiger partial charge in [-0.25, -0.2) is 9.97 Å². The Bertz CT molecular complexity index is 504. The SMILES string of the molecule is CCc1c(I)c2c(NC)ncnc2n1C. The standard InChI is InChI=1S/C10H13IN4/c1-4-6-8(11)7-9(12-2)13-5-14-10(7)15(6)3/h5H,4H2,1-3H3,(H,12,13,14). The number of rotatable bonds is 2. The van der Waals surface area contributed by atoms with Crippen molar-refractivity contribution in [2.75, 3.05) is 12.4 Å². The van der Waals surface area contributed by atoms with Crippen molar-refractivity contribution in [2.24, 2.45) is 7.05 Å². The quantitative estimate of drug-likeness (QED) is 0.864. The second kappa shape index (κ2) is 3.96. The van der Waals surface area contributed by atoms with E-state index in [2.05, 4.69) is 56.4 Å². The Morgan fingerprint density at radius 3 is 2.80 bits per heavy atom. The van der Waals surface area contributed by atoms with E-state index in [4.69, 9.17) is 0 Å². The Morgan fingerprint density at radius 2 is 2.20 bits per heavy atom. The van der Waals surface area contributed by atoms with E-state index in [0.29, 0.717) is 0 Å². The highest BCUT2D eigenvalue weighted by atomic mass is 127. The first-order valence-corrected chi connectivity index (χ1v) is 5.94. The topological polar surface area (TPSA) is 42.7 Å². The van der Waals surface area contributed by atoms with E-state index in [1.54, 1.807) is 6.33 Å². The summed E-state index contributed by atoms with van der Waals surface area (Å²) in [6.45, 7) is 2.16. The molecule has 15 heavy (non-hydrogen) atoms. The molecule has 0 radical (unpaired) electrons. The van der Waals surface area contributed by atoms with Crippen LogP contribution in [0.3, 0.4) is 0 Å². The van der Waals surface area contributed by atoms with Gasteiger partial charge in [-0.2, -0.15) is 0 Å². The van der Waals surface area contributed by atoms with E-state index in [1.165, 1.54) is 9.26 Å². The van der Waals surface area contributed by atoms with E-state index in [-0.39, 0.29) is 0 Å². The summed E-state index contributed by atoms with van der Waals surface area (Å²) in [5, 5.41) is 4.23. The lowest BCUT2D eigenvalue weighted by molar-refractivity contribution is 0.848. The summed E-state index contributed by atoms with van der Waals surface area (Å²) in [7, 11) is 3.94. The highest BCUT2D eigenvalue weighted by Crippen LogP contribution is 2.29. The lowest BCUT2D eigenvalue weighted by Gasteiger charge is -2.00. The molecule has 0 aliphatic rings. The van der Waals surface area contributed by atoms with Gasteiger partial charge in [-0.15, -0.1) is 0 Å². The predicted octanol–water partition coefficient (Wildman–Crippen LogP) is 2.18. The molecule has 0 fully saturated rings. The zero-order valence-electron chi connectivity index (χ0n) is 9.00. The van der Waals surface area contributed by atoms with E-state index < -0.39 is 0 Å². The van der Waals surface area contributed by atoms with Gasteiger partial charge in [0, 0.05) is 23.4 Å². The highest BCUT2D eigenvalue weighted by molar-refractivity contribution is 14.1. The molecular weight excluding hydrogens is 303 g/mol. The van der Waals surface area contributed by atoms with Crippen molar-refractivity contribution in [3.05, 3.63) is 15.6 Å². The molecule has 2 rings (SSSR count). The van der Waals surface area contributed by atoms with Crippen LogP contribution in [0.4, 0.5) is 5.82 Å². The summed E-state index contributed by atoms with van der Waals surface area (Å²) in [5.74, 6) is 0.903. The van der Waals surface area contributed by atoms with Crippen LogP contribution in [-0.4, -0.2) is 21.6 Å². The Balaban J connectivity index is 2.88. The van der Waals surface area contributed by atoms with Gasteiger partial charge >= 0.3 is 0 Å². The summed E-state index contributed by atoms with van der Waals surface area (Å²) in [6.07, 6.45) is 2.61. The third kappa shape index (κ3) is 1.49. The summed E-state index contributed by atoms with van der Waals surface area (Å²) >= 11 is 2.37. The minimum Gasteiger partial charge on any atom is -0.372 e. The first-order chi connectivity index (χ1) is 7.20. The maximum absolute atomic E-state index is 4.33. The van der Waals surface area contributed by atoms with Crippen molar-refractivity contribution in [2.45, 2.75) is 13.3 Å². The molecule has 0 aliphatic heterocycles. The first-order valence-electron chi connectivity index (χ1n) is 4.86. The number of halogens is 1. The average molecular weight is 316 g/mol. The summed E-state index contributed by atoms with van der Waals surface area (Å²) < 4.78 is 3.39. The molecule has 0 unspecified atom stereocenters. The van der Waals surface area contributed by atoms with Gasteiger partial charge in [0.2, 0.25) is 0 Å². The van der Waals surface area contributed by atoms with Gasteiger partial charge in [-0.05, 0) is 29.0 Å². The Morgan fingerprint density at radius 1 is 1.47 bits per heavy atom. The number of nitrogens with one attached hydrogen (secondary N) is 1. The molecule has 0 bridgehead atoms. The van der Waals surface area contributed by atoms with Crippen LogP contribution in [0.5, 0.6) is 0 Å². The van der Waals surface area contributed by atoms with E-state index in [1.807, 2.05) is 7.05 Å². The smallest absolute Gasteiger partial charge is 0.146 e. The van der Waals surface area contributed by atoms with Crippen LogP contribution in [0.1, 0.15) is 12.6 Å². The Hall–Kier alpha value is -0.850. The van der Waals surface area contributed by atoms with Crippen LogP contribution >= 0.6 is 22.6 Å². The van der Waals surface area contributed by atoms with Crippen molar-refractivity contribution in [3.63, 3.8) is 0 Å². The van der Waals surface area contributed by atoms with Crippen molar-refractivity contribution in [1.29, 1.82) is 0 Å². The number of fused-ring (bicyclic) bond motifs is 1. The van der Waals surface area contributed by atoms with E-state index in [9.17, 15) is 0 Å². The average Bonchev–Trinajstić information content (AvgIpc) is 2.51. The van der Waals surface area contributed by atoms with Crippen molar-refractivity contribution < 1.29 is 0 Å². The summed E-state index contributed by atoms with van der Waals surface area (Å²) in [6, 6.07) is 0. The molecule has 0 amide bonds. The minimum atomic E-state index is 0.903. The monoisotopic (exact) mass is 316 g/mol. The molecule has 5 heteroatoms. The molecule has 2 aromatic rings. The molecular formula is C10H13IN4.